The number of benzene rings is 1. The van der Waals surface area contributed by atoms with Gasteiger partial charge in [0.15, 0.2) is 5.89 Å². The van der Waals surface area contributed by atoms with Crippen LogP contribution in [0.25, 0.3) is 0 Å². The SMILES string of the molecule is CCC(CNC(=O)c1oc(C2CC2)nc1C)(C(=O)O)c1ccccc1. The predicted octanol–water partition coefficient (Wildman–Crippen LogP) is 3.02. The molecule has 1 aromatic carbocycles. The minimum atomic E-state index is -1.18. The van der Waals surface area contributed by atoms with E-state index in [1.807, 2.05) is 6.07 Å². The van der Waals surface area contributed by atoms with E-state index in [0.717, 1.165) is 12.8 Å². The van der Waals surface area contributed by atoms with Crippen molar-refractivity contribution in [3.8, 4) is 0 Å². The van der Waals surface area contributed by atoms with E-state index >= 15 is 0 Å². The third-order valence-electron chi connectivity index (χ3n) is 4.84. The minimum Gasteiger partial charge on any atom is -0.481 e. The highest BCUT2D eigenvalue weighted by Gasteiger charge is 2.39. The Labute approximate surface area is 146 Å². The first-order chi connectivity index (χ1) is 12.0. The second kappa shape index (κ2) is 6.70. The topological polar surface area (TPSA) is 92.4 Å². The molecule has 0 aliphatic heterocycles. The van der Waals surface area contributed by atoms with E-state index in [1.165, 1.54) is 0 Å². The maximum Gasteiger partial charge on any atom is 0.315 e. The molecular weight excluding hydrogens is 320 g/mol. The Kier molecular flexibility index (Phi) is 4.61. The van der Waals surface area contributed by atoms with E-state index in [4.69, 9.17) is 4.42 Å². The number of carboxylic acids is 1. The zero-order valence-corrected chi connectivity index (χ0v) is 14.4. The number of carbonyl (C=O) groups is 2. The van der Waals surface area contributed by atoms with E-state index < -0.39 is 17.3 Å². The van der Waals surface area contributed by atoms with Gasteiger partial charge in [0.2, 0.25) is 5.76 Å². The van der Waals surface area contributed by atoms with Gasteiger partial charge in [-0.2, -0.15) is 0 Å². The molecule has 1 amide bonds. The molecular formula is C19H22N2O4. The van der Waals surface area contributed by atoms with Gasteiger partial charge in [-0.15, -0.1) is 0 Å². The third kappa shape index (κ3) is 3.29. The lowest BCUT2D eigenvalue weighted by molar-refractivity contribution is -0.143. The summed E-state index contributed by atoms with van der Waals surface area (Å²) in [6.07, 6.45) is 2.43. The second-order valence-electron chi connectivity index (χ2n) is 6.53. The van der Waals surface area contributed by atoms with Gasteiger partial charge in [-0.3, -0.25) is 9.59 Å². The molecule has 1 heterocycles. The summed E-state index contributed by atoms with van der Waals surface area (Å²) >= 11 is 0. The van der Waals surface area contributed by atoms with Gasteiger partial charge >= 0.3 is 5.97 Å². The summed E-state index contributed by atoms with van der Waals surface area (Å²) < 4.78 is 5.59. The van der Waals surface area contributed by atoms with Crippen molar-refractivity contribution >= 4 is 11.9 Å². The molecule has 1 aromatic heterocycles. The molecule has 0 saturated heterocycles. The lowest BCUT2D eigenvalue weighted by Crippen LogP contribution is -2.46. The molecule has 1 aliphatic carbocycles. The Balaban J connectivity index is 1.79. The summed E-state index contributed by atoms with van der Waals surface area (Å²) in [7, 11) is 0. The summed E-state index contributed by atoms with van der Waals surface area (Å²) in [6.45, 7) is 3.52. The molecule has 1 atom stereocenters. The van der Waals surface area contributed by atoms with Gasteiger partial charge in [-0.05, 0) is 31.7 Å². The molecule has 6 nitrogen and oxygen atoms in total. The van der Waals surface area contributed by atoms with Crippen molar-refractivity contribution in [1.29, 1.82) is 0 Å². The van der Waals surface area contributed by atoms with Crippen LogP contribution in [-0.4, -0.2) is 28.5 Å². The van der Waals surface area contributed by atoms with Crippen LogP contribution in [0.1, 0.15) is 59.8 Å². The number of oxazole rings is 1. The van der Waals surface area contributed by atoms with Gasteiger partial charge < -0.3 is 14.8 Å². The standard InChI is InChI=1S/C19H22N2O4/c1-3-19(18(23)24,14-7-5-4-6-8-14)11-20-16(22)15-12(2)21-17(25-15)13-9-10-13/h4-8,13H,3,9-11H2,1-2H3,(H,20,22)(H,23,24). The predicted molar refractivity (Wildman–Crippen MR) is 91.6 cm³/mol. The van der Waals surface area contributed by atoms with Gasteiger partial charge in [0.25, 0.3) is 5.91 Å². The Hall–Kier alpha value is -2.63. The molecule has 6 heteroatoms. The van der Waals surface area contributed by atoms with Crippen molar-refractivity contribution in [3.63, 3.8) is 0 Å². The zero-order chi connectivity index (χ0) is 18.0. The number of aliphatic carboxylic acids is 1. The summed E-state index contributed by atoms with van der Waals surface area (Å²) in [6, 6.07) is 8.98. The highest BCUT2D eigenvalue weighted by atomic mass is 16.4. The molecule has 2 aromatic rings. The zero-order valence-electron chi connectivity index (χ0n) is 14.4. The van der Waals surface area contributed by atoms with Crippen molar-refractivity contribution in [1.82, 2.24) is 10.3 Å². The first-order valence-corrected chi connectivity index (χ1v) is 8.52. The number of rotatable bonds is 7. The average Bonchev–Trinajstić information content (AvgIpc) is 3.39. The van der Waals surface area contributed by atoms with Crippen LogP contribution in [0.3, 0.4) is 0 Å². The Morgan fingerprint density at radius 3 is 2.56 bits per heavy atom. The molecule has 0 radical (unpaired) electrons. The molecule has 132 valence electrons. The monoisotopic (exact) mass is 342 g/mol. The fourth-order valence-corrected chi connectivity index (χ4v) is 2.98. The van der Waals surface area contributed by atoms with E-state index in [1.54, 1.807) is 38.1 Å². The number of nitrogens with zero attached hydrogens (tertiary/aromatic N) is 1. The largest absolute Gasteiger partial charge is 0.481 e. The molecule has 0 bridgehead atoms. The number of carbonyl (C=O) groups excluding carboxylic acids is 1. The number of nitrogens with one attached hydrogen (secondary N) is 1. The molecule has 3 rings (SSSR count). The summed E-state index contributed by atoms with van der Waals surface area (Å²) in [5.74, 6) is -0.296. The molecule has 1 saturated carbocycles. The van der Waals surface area contributed by atoms with Gasteiger partial charge in [0.1, 0.15) is 5.41 Å². The van der Waals surface area contributed by atoms with Crippen molar-refractivity contribution in [2.45, 2.75) is 44.4 Å². The van der Waals surface area contributed by atoms with E-state index in [-0.39, 0.29) is 12.3 Å². The minimum absolute atomic E-state index is 0.0133. The van der Waals surface area contributed by atoms with Crippen LogP contribution >= 0.6 is 0 Å². The lowest BCUT2D eigenvalue weighted by atomic mass is 9.78. The van der Waals surface area contributed by atoms with Crippen molar-refractivity contribution < 1.29 is 19.1 Å². The van der Waals surface area contributed by atoms with Crippen LogP contribution in [0.2, 0.25) is 0 Å². The molecule has 2 N–H and O–H groups in total. The van der Waals surface area contributed by atoms with Crippen LogP contribution in [0.5, 0.6) is 0 Å². The van der Waals surface area contributed by atoms with Crippen LogP contribution in [0.15, 0.2) is 34.7 Å². The smallest absolute Gasteiger partial charge is 0.315 e. The summed E-state index contributed by atoms with van der Waals surface area (Å²) in [4.78, 5) is 28.8. The highest BCUT2D eigenvalue weighted by molar-refractivity contribution is 5.93. The van der Waals surface area contributed by atoms with Crippen molar-refractivity contribution in [3.05, 3.63) is 53.2 Å². The summed E-state index contributed by atoms with van der Waals surface area (Å²) in [5.41, 5.74) is 0.0271. The fraction of sp³-hybridized carbons (Fsp3) is 0.421. The van der Waals surface area contributed by atoms with E-state index in [2.05, 4.69) is 10.3 Å². The van der Waals surface area contributed by atoms with Crippen LogP contribution < -0.4 is 5.32 Å². The quantitative estimate of drug-likeness (QED) is 0.807. The molecule has 1 fully saturated rings. The Morgan fingerprint density at radius 2 is 2.00 bits per heavy atom. The number of aryl methyl sites for hydroxylation is 1. The molecule has 25 heavy (non-hydrogen) atoms. The Bertz CT molecular complexity index is 780. The van der Waals surface area contributed by atoms with E-state index in [0.29, 0.717) is 29.5 Å². The van der Waals surface area contributed by atoms with E-state index in [9.17, 15) is 14.7 Å². The maximum absolute atomic E-state index is 12.5. The van der Waals surface area contributed by atoms with Gasteiger partial charge in [0.05, 0.1) is 5.69 Å². The third-order valence-corrected chi connectivity index (χ3v) is 4.84. The van der Waals surface area contributed by atoms with Crippen LogP contribution in [0, 0.1) is 6.92 Å². The summed E-state index contributed by atoms with van der Waals surface area (Å²) in [5, 5.41) is 12.5. The van der Waals surface area contributed by atoms with Crippen molar-refractivity contribution in [2.75, 3.05) is 6.54 Å². The highest BCUT2D eigenvalue weighted by Crippen LogP contribution is 2.40. The molecule has 1 aliphatic rings. The molecule has 0 spiro atoms. The number of carboxylic acid groups (broad SMARTS) is 1. The van der Waals surface area contributed by atoms with Gasteiger partial charge in [-0.1, -0.05) is 37.3 Å². The number of hydrogen-bond acceptors (Lipinski definition) is 4. The maximum atomic E-state index is 12.5. The average molecular weight is 342 g/mol. The molecule has 1 unspecified atom stereocenters. The van der Waals surface area contributed by atoms with Gasteiger partial charge in [-0.25, -0.2) is 4.98 Å². The van der Waals surface area contributed by atoms with Gasteiger partial charge in [0, 0.05) is 12.5 Å². The Morgan fingerprint density at radius 1 is 1.32 bits per heavy atom. The number of hydrogen-bond donors (Lipinski definition) is 2. The van der Waals surface area contributed by atoms with Crippen LogP contribution in [0.4, 0.5) is 0 Å². The lowest BCUT2D eigenvalue weighted by Gasteiger charge is -2.28. The number of aromatic nitrogens is 1. The van der Waals surface area contributed by atoms with Crippen molar-refractivity contribution in [2.24, 2.45) is 0 Å². The first kappa shape index (κ1) is 17.2. The normalized spacial score (nSPS) is 16.2. The second-order valence-corrected chi connectivity index (χ2v) is 6.53. The number of amides is 1. The fourth-order valence-electron chi connectivity index (χ4n) is 2.98. The first-order valence-electron chi connectivity index (χ1n) is 8.52. The van der Waals surface area contributed by atoms with Crippen LogP contribution in [-0.2, 0) is 10.2 Å².